The summed E-state index contributed by atoms with van der Waals surface area (Å²) in [5.41, 5.74) is 4.95. The third kappa shape index (κ3) is 3.83. The van der Waals surface area contributed by atoms with Gasteiger partial charge in [-0.1, -0.05) is 47.1 Å². The monoisotopic (exact) mass is 479 g/mol. The summed E-state index contributed by atoms with van der Waals surface area (Å²) in [5, 5.41) is 9.02. The smallest absolute Gasteiger partial charge is 0.265 e. The molecule has 168 valence electrons. The maximum absolute atomic E-state index is 13.4. The summed E-state index contributed by atoms with van der Waals surface area (Å²) < 4.78 is 3.35. The van der Waals surface area contributed by atoms with E-state index in [1.807, 2.05) is 39.0 Å². The highest BCUT2D eigenvalue weighted by molar-refractivity contribution is 7.99. The van der Waals surface area contributed by atoms with Crippen molar-refractivity contribution >= 4 is 46.0 Å². The molecule has 1 unspecified atom stereocenters. The zero-order valence-electron chi connectivity index (χ0n) is 18.4. The minimum atomic E-state index is -0.279. The Bertz CT molecular complexity index is 1480. The first-order valence-corrected chi connectivity index (χ1v) is 12.0. The van der Waals surface area contributed by atoms with Gasteiger partial charge in [0, 0.05) is 22.9 Å². The van der Waals surface area contributed by atoms with Crippen molar-refractivity contribution in [2.24, 2.45) is 0 Å². The third-order valence-corrected chi connectivity index (χ3v) is 7.42. The number of carbonyl (C=O) groups excluding carboxylic acids is 1. The molecule has 0 fully saturated rings. The number of aromatic nitrogens is 4. The molecule has 5 rings (SSSR count). The maximum atomic E-state index is 13.4. The van der Waals surface area contributed by atoms with Crippen molar-refractivity contribution in [1.29, 1.82) is 0 Å². The Hall–Kier alpha value is -3.10. The van der Waals surface area contributed by atoms with E-state index in [2.05, 4.69) is 16.5 Å². The number of thioether (sulfide) groups is 1. The lowest BCUT2D eigenvalue weighted by atomic mass is 10.1. The van der Waals surface area contributed by atoms with Crippen LogP contribution in [0, 0.1) is 20.8 Å². The van der Waals surface area contributed by atoms with Gasteiger partial charge in [0.25, 0.3) is 5.56 Å². The van der Waals surface area contributed by atoms with E-state index in [9.17, 15) is 9.59 Å². The Morgan fingerprint density at radius 1 is 1.24 bits per heavy atom. The fraction of sp³-hybridized carbons (Fsp3) is 0.250. The second-order valence-corrected chi connectivity index (χ2v) is 9.68. The van der Waals surface area contributed by atoms with Gasteiger partial charge >= 0.3 is 0 Å². The Kier molecular flexibility index (Phi) is 5.50. The quantitative estimate of drug-likeness (QED) is 0.424. The van der Waals surface area contributed by atoms with Crippen molar-refractivity contribution < 1.29 is 4.79 Å². The fourth-order valence-electron chi connectivity index (χ4n) is 4.16. The van der Waals surface area contributed by atoms with E-state index in [0.717, 1.165) is 22.4 Å². The van der Waals surface area contributed by atoms with Crippen molar-refractivity contribution in [2.75, 3.05) is 11.1 Å². The lowest BCUT2D eigenvalue weighted by molar-refractivity contribution is -0.116. The van der Waals surface area contributed by atoms with Crippen LogP contribution in [0.4, 0.5) is 5.69 Å². The zero-order chi connectivity index (χ0) is 23.3. The first-order valence-electron chi connectivity index (χ1n) is 10.6. The van der Waals surface area contributed by atoms with Gasteiger partial charge in [-0.3, -0.25) is 14.2 Å². The SMILES string of the molecule is Cc1ccc(-n2ncc3c(=O)n4c(nc32)SCC4CC(=O)Nc2cccc(Cl)c2C)c(C)c1. The molecule has 4 aromatic rings. The molecule has 1 atom stereocenters. The molecule has 0 aliphatic carbocycles. The summed E-state index contributed by atoms with van der Waals surface area (Å²) in [6.07, 6.45) is 1.73. The molecule has 1 aliphatic heterocycles. The average Bonchev–Trinajstić information content (AvgIpc) is 3.37. The van der Waals surface area contributed by atoms with Gasteiger partial charge in [0.15, 0.2) is 10.8 Å². The largest absolute Gasteiger partial charge is 0.326 e. The van der Waals surface area contributed by atoms with Gasteiger partial charge in [-0.2, -0.15) is 5.10 Å². The number of carbonyl (C=O) groups is 1. The van der Waals surface area contributed by atoms with Crippen molar-refractivity contribution in [3.8, 4) is 5.69 Å². The van der Waals surface area contributed by atoms with E-state index < -0.39 is 0 Å². The first-order chi connectivity index (χ1) is 15.8. The molecule has 3 heterocycles. The molecule has 0 spiro atoms. The van der Waals surface area contributed by atoms with Crippen molar-refractivity contribution in [3.63, 3.8) is 0 Å². The van der Waals surface area contributed by atoms with Crippen LogP contribution in [-0.2, 0) is 4.79 Å². The van der Waals surface area contributed by atoms with Crippen molar-refractivity contribution in [2.45, 2.75) is 38.4 Å². The van der Waals surface area contributed by atoms with Gasteiger partial charge in [-0.25, -0.2) is 9.67 Å². The van der Waals surface area contributed by atoms with Crippen molar-refractivity contribution in [3.05, 3.63) is 74.7 Å². The summed E-state index contributed by atoms with van der Waals surface area (Å²) in [5.74, 6) is 0.435. The van der Waals surface area contributed by atoms with E-state index in [1.54, 1.807) is 27.6 Å². The number of benzene rings is 2. The summed E-state index contributed by atoms with van der Waals surface area (Å²) >= 11 is 7.64. The average molecular weight is 480 g/mol. The van der Waals surface area contributed by atoms with Gasteiger partial charge in [0.2, 0.25) is 5.91 Å². The minimum Gasteiger partial charge on any atom is -0.326 e. The van der Waals surface area contributed by atoms with Gasteiger partial charge < -0.3 is 5.32 Å². The number of hydrogen-bond donors (Lipinski definition) is 1. The number of halogens is 1. The molecular weight excluding hydrogens is 458 g/mol. The normalized spacial score (nSPS) is 15.1. The van der Waals surface area contributed by atoms with Crippen LogP contribution in [-0.4, -0.2) is 31.0 Å². The minimum absolute atomic E-state index is 0.170. The van der Waals surface area contributed by atoms with Crippen LogP contribution in [0.5, 0.6) is 0 Å². The van der Waals surface area contributed by atoms with Crippen LogP contribution in [0.1, 0.15) is 29.2 Å². The van der Waals surface area contributed by atoms with Gasteiger partial charge in [-0.15, -0.1) is 0 Å². The Morgan fingerprint density at radius 3 is 2.85 bits per heavy atom. The number of rotatable bonds is 4. The molecule has 2 aromatic heterocycles. The molecule has 7 nitrogen and oxygen atoms in total. The summed E-state index contributed by atoms with van der Waals surface area (Å²) in [6, 6.07) is 11.2. The van der Waals surface area contributed by atoms with Crippen molar-refractivity contribution in [1.82, 2.24) is 19.3 Å². The summed E-state index contributed by atoms with van der Waals surface area (Å²) in [7, 11) is 0. The second kappa shape index (κ2) is 8.35. The third-order valence-electron chi connectivity index (χ3n) is 5.91. The van der Waals surface area contributed by atoms with E-state index in [4.69, 9.17) is 16.6 Å². The molecule has 9 heteroatoms. The van der Waals surface area contributed by atoms with Crippen LogP contribution in [0.2, 0.25) is 5.02 Å². The summed E-state index contributed by atoms with van der Waals surface area (Å²) in [6.45, 7) is 5.91. The van der Waals surface area contributed by atoms with Crippen LogP contribution < -0.4 is 10.9 Å². The van der Waals surface area contributed by atoms with E-state index in [-0.39, 0.29) is 23.9 Å². The van der Waals surface area contributed by atoms with Gasteiger partial charge in [0.05, 0.1) is 17.9 Å². The number of aryl methyl sites for hydroxylation is 2. The molecule has 0 bridgehead atoms. The predicted octanol–water partition coefficient (Wildman–Crippen LogP) is 4.84. The number of fused-ring (bicyclic) bond motifs is 2. The van der Waals surface area contributed by atoms with Crippen LogP contribution in [0.3, 0.4) is 0 Å². The Labute approximate surface area is 199 Å². The zero-order valence-corrected chi connectivity index (χ0v) is 20.0. The Morgan fingerprint density at radius 2 is 2.06 bits per heavy atom. The number of hydrogen-bond acceptors (Lipinski definition) is 5. The molecule has 1 N–H and O–H groups in total. The summed E-state index contributed by atoms with van der Waals surface area (Å²) in [4.78, 5) is 30.9. The van der Waals surface area contributed by atoms with Crippen LogP contribution in [0.25, 0.3) is 16.7 Å². The lowest BCUT2D eigenvalue weighted by Crippen LogP contribution is -2.28. The molecule has 0 saturated heterocycles. The number of nitrogens with one attached hydrogen (secondary N) is 1. The van der Waals surface area contributed by atoms with Crippen LogP contribution >= 0.6 is 23.4 Å². The lowest BCUT2D eigenvalue weighted by Gasteiger charge is -2.15. The predicted molar refractivity (Wildman–Crippen MR) is 132 cm³/mol. The molecule has 0 saturated carbocycles. The second-order valence-electron chi connectivity index (χ2n) is 8.28. The topological polar surface area (TPSA) is 81.8 Å². The maximum Gasteiger partial charge on any atom is 0.265 e. The highest BCUT2D eigenvalue weighted by atomic mass is 35.5. The number of anilines is 1. The van der Waals surface area contributed by atoms with Crippen LogP contribution in [0.15, 0.2) is 52.5 Å². The fourth-order valence-corrected chi connectivity index (χ4v) is 5.46. The highest BCUT2D eigenvalue weighted by Gasteiger charge is 2.30. The Balaban J connectivity index is 1.46. The van der Waals surface area contributed by atoms with Gasteiger partial charge in [-0.05, 0) is 50.1 Å². The highest BCUT2D eigenvalue weighted by Crippen LogP contribution is 2.34. The molecule has 2 aromatic carbocycles. The molecule has 1 aliphatic rings. The van der Waals surface area contributed by atoms with E-state index in [1.165, 1.54) is 11.8 Å². The molecule has 0 radical (unpaired) electrons. The molecule has 1 amide bonds. The molecule has 33 heavy (non-hydrogen) atoms. The van der Waals surface area contributed by atoms with E-state index in [0.29, 0.717) is 32.7 Å². The van der Waals surface area contributed by atoms with E-state index >= 15 is 0 Å². The van der Waals surface area contributed by atoms with Gasteiger partial charge in [0.1, 0.15) is 5.39 Å². The first kappa shape index (κ1) is 21.7. The number of amides is 1. The number of nitrogens with zero attached hydrogens (tertiary/aromatic N) is 4. The molecular formula is C24H22ClN5O2S. The standard InChI is InChI=1S/C24H22ClN5O2S/c1-13-7-8-20(14(2)9-13)30-22-17(11-26-30)23(32)29-16(12-33-24(29)28-22)10-21(31)27-19-6-4-5-18(25)15(19)3/h4-9,11,16H,10,12H2,1-3H3,(H,27,31).